The number of hydrogen-bond donors (Lipinski definition) is 1. The molecule has 0 aromatic heterocycles. The molecule has 84 valence electrons. The third-order valence-electron chi connectivity index (χ3n) is 3.63. The van der Waals surface area contributed by atoms with Crippen molar-refractivity contribution in [1.82, 2.24) is 10.2 Å². The van der Waals surface area contributed by atoms with Gasteiger partial charge in [-0.15, -0.1) is 0 Å². The first-order valence-electron chi connectivity index (χ1n) is 6.30. The van der Waals surface area contributed by atoms with Crippen molar-refractivity contribution in [3.8, 4) is 6.07 Å². The van der Waals surface area contributed by atoms with Crippen LogP contribution >= 0.6 is 0 Å². The van der Waals surface area contributed by atoms with E-state index in [1.807, 2.05) is 0 Å². The lowest BCUT2D eigenvalue weighted by molar-refractivity contribution is 0.100. The molecule has 15 heavy (non-hydrogen) atoms. The van der Waals surface area contributed by atoms with Crippen molar-refractivity contribution in [3.63, 3.8) is 0 Å². The van der Waals surface area contributed by atoms with Crippen LogP contribution in [0.4, 0.5) is 0 Å². The third-order valence-corrected chi connectivity index (χ3v) is 3.63. The second kappa shape index (κ2) is 5.48. The number of nitrogens with one attached hydrogen (secondary N) is 1. The highest BCUT2D eigenvalue weighted by Gasteiger charge is 2.28. The van der Waals surface area contributed by atoms with E-state index in [1.165, 1.54) is 38.5 Å². The fourth-order valence-electron chi connectivity index (χ4n) is 2.76. The van der Waals surface area contributed by atoms with Gasteiger partial charge in [0.1, 0.15) is 0 Å². The molecule has 3 heteroatoms. The first-order valence-corrected chi connectivity index (χ1v) is 6.30. The minimum atomic E-state index is 0.161. The summed E-state index contributed by atoms with van der Waals surface area (Å²) < 4.78 is 0. The van der Waals surface area contributed by atoms with E-state index in [-0.39, 0.29) is 6.04 Å². The molecule has 0 radical (unpaired) electrons. The molecule has 2 atom stereocenters. The van der Waals surface area contributed by atoms with Crippen LogP contribution < -0.4 is 5.32 Å². The summed E-state index contributed by atoms with van der Waals surface area (Å²) >= 11 is 0. The fraction of sp³-hybridized carbons (Fsp3) is 0.917. The lowest BCUT2D eigenvalue weighted by atomic mass is 10.0. The van der Waals surface area contributed by atoms with E-state index in [4.69, 9.17) is 5.26 Å². The molecule has 0 aromatic carbocycles. The van der Waals surface area contributed by atoms with E-state index in [1.54, 1.807) is 0 Å². The van der Waals surface area contributed by atoms with Crippen molar-refractivity contribution < 1.29 is 0 Å². The summed E-state index contributed by atoms with van der Waals surface area (Å²) in [5.41, 5.74) is 0. The molecule has 0 aliphatic carbocycles. The molecule has 2 rings (SSSR count). The molecule has 3 nitrogen and oxygen atoms in total. The van der Waals surface area contributed by atoms with Gasteiger partial charge in [-0.25, -0.2) is 0 Å². The van der Waals surface area contributed by atoms with Gasteiger partial charge in [0.05, 0.1) is 18.3 Å². The van der Waals surface area contributed by atoms with Crippen molar-refractivity contribution in [3.05, 3.63) is 0 Å². The van der Waals surface area contributed by atoms with Crippen LogP contribution in [0.1, 0.15) is 44.9 Å². The standard InChI is InChI=1S/C12H21N3/c13-10-11-6-3-5-9-15(11)12-7-2-1-4-8-14-12/h11-12,14H,1-9H2. The van der Waals surface area contributed by atoms with Crippen molar-refractivity contribution >= 4 is 0 Å². The highest BCUT2D eigenvalue weighted by atomic mass is 15.3. The molecule has 2 aliphatic rings. The second-order valence-electron chi connectivity index (χ2n) is 4.70. The van der Waals surface area contributed by atoms with Gasteiger partial charge in [0.2, 0.25) is 0 Å². The minimum Gasteiger partial charge on any atom is -0.302 e. The van der Waals surface area contributed by atoms with Crippen LogP contribution in [0, 0.1) is 11.3 Å². The average molecular weight is 207 g/mol. The quantitative estimate of drug-likeness (QED) is 0.713. The van der Waals surface area contributed by atoms with Crippen LogP contribution in [0.15, 0.2) is 0 Å². The summed E-state index contributed by atoms with van der Waals surface area (Å²) in [5.74, 6) is 0. The van der Waals surface area contributed by atoms with Crippen LogP contribution in [0.5, 0.6) is 0 Å². The number of hydrogen-bond acceptors (Lipinski definition) is 3. The Morgan fingerprint density at radius 3 is 2.80 bits per heavy atom. The Morgan fingerprint density at radius 1 is 1.07 bits per heavy atom. The lowest BCUT2D eigenvalue weighted by Crippen LogP contribution is -2.52. The van der Waals surface area contributed by atoms with Crippen LogP contribution in [0.2, 0.25) is 0 Å². The molecule has 2 fully saturated rings. The largest absolute Gasteiger partial charge is 0.302 e. The van der Waals surface area contributed by atoms with Gasteiger partial charge in [0.25, 0.3) is 0 Å². The lowest BCUT2D eigenvalue weighted by Gasteiger charge is -2.37. The predicted octanol–water partition coefficient (Wildman–Crippen LogP) is 1.85. The van der Waals surface area contributed by atoms with Gasteiger partial charge in [-0.05, 0) is 38.6 Å². The van der Waals surface area contributed by atoms with Crippen molar-refractivity contribution in [1.29, 1.82) is 5.26 Å². The first-order chi connectivity index (χ1) is 7.42. The monoisotopic (exact) mass is 207 g/mol. The maximum Gasteiger partial charge on any atom is 0.0990 e. The molecule has 1 N–H and O–H groups in total. The first kappa shape index (κ1) is 10.9. The SMILES string of the molecule is N#CC1CCCCN1C1CCCCCN1. The van der Waals surface area contributed by atoms with Crippen LogP contribution in [-0.2, 0) is 0 Å². The van der Waals surface area contributed by atoms with E-state index < -0.39 is 0 Å². The van der Waals surface area contributed by atoms with Gasteiger partial charge in [-0.1, -0.05) is 12.8 Å². The summed E-state index contributed by atoms with van der Waals surface area (Å²) in [6.45, 7) is 2.23. The maximum atomic E-state index is 9.14. The number of likely N-dealkylation sites (tertiary alicyclic amines) is 1. The zero-order valence-electron chi connectivity index (χ0n) is 9.41. The summed E-state index contributed by atoms with van der Waals surface area (Å²) in [7, 11) is 0. The summed E-state index contributed by atoms with van der Waals surface area (Å²) in [6, 6.07) is 2.62. The molecule has 2 unspecified atom stereocenters. The van der Waals surface area contributed by atoms with E-state index >= 15 is 0 Å². The van der Waals surface area contributed by atoms with Gasteiger partial charge < -0.3 is 5.32 Å². The molecule has 2 heterocycles. The molecular formula is C12H21N3. The summed E-state index contributed by atoms with van der Waals surface area (Å²) in [4.78, 5) is 2.40. The van der Waals surface area contributed by atoms with Crippen LogP contribution in [0.3, 0.4) is 0 Å². The van der Waals surface area contributed by atoms with Gasteiger partial charge in [0.15, 0.2) is 0 Å². The molecule has 0 amide bonds. The molecular weight excluding hydrogens is 186 g/mol. The Morgan fingerprint density at radius 2 is 1.93 bits per heavy atom. The van der Waals surface area contributed by atoms with Crippen molar-refractivity contribution in [2.75, 3.05) is 13.1 Å². The number of nitrogens with zero attached hydrogens (tertiary/aromatic N) is 2. The average Bonchev–Trinajstić information content (AvgIpc) is 2.57. The molecule has 0 spiro atoms. The summed E-state index contributed by atoms with van der Waals surface area (Å²) in [5, 5.41) is 12.7. The van der Waals surface area contributed by atoms with E-state index in [9.17, 15) is 0 Å². The van der Waals surface area contributed by atoms with Crippen molar-refractivity contribution in [2.45, 2.75) is 57.2 Å². The zero-order chi connectivity index (χ0) is 10.5. The Kier molecular flexibility index (Phi) is 3.99. The predicted molar refractivity (Wildman–Crippen MR) is 60.2 cm³/mol. The Balaban J connectivity index is 1.96. The molecule has 0 saturated carbocycles. The topological polar surface area (TPSA) is 39.1 Å². The molecule has 2 saturated heterocycles. The van der Waals surface area contributed by atoms with Gasteiger partial charge >= 0.3 is 0 Å². The van der Waals surface area contributed by atoms with Crippen LogP contribution in [-0.4, -0.2) is 30.2 Å². The Hall–Kier alpha value is -0.590. The fourth-order valence-corrected chi connectivity index (χ4v) is 2.76. The normalized spacial score (nSPS) is 34.3. The molecule has 2 aliphatic heterocycles. The van der Waals surface area contributed by atoms with Crippen LogP contribution in [0.25, 0.3) is 0 Å². The van der Waals surface area contributed by atoms with E-state index in [0.29, 0.717) is 6.17 Å². The molecule has 0 aromatic rings. The maximum absolute atomic E-state index is 9.14. The van der Waals surface area contributed by atoms with E-state index in [0.717, 1.165) is 19.5 Å². The molecule has 0 bridgehead atoms. The van der Waals surface area contributed by atoms with Crippen molar-refractivity contribution in [2.24, 2.45) is 0 Å². The second-order valence-corrected chi connectivity index (χ2v) is 4.70. The zero-order valence-corrected chi connectivity index (χ0v) is 9.41. The van der Waals surface area contributed by atoms with Gasteiger partial charge in [0, 0.05) is 6.54 Å². The third kappa shape index (κ3) is 2.70. The number of nitriles is 1. The number of piperidine rings is 1. The van der Waals surface area contributed by atoms with Gasteiger partial charge in [-0.2, -0.15) is 5.26 Å². The smallest absolute Gasteiger partial charge is 0.0990 e. The summed E-state index contributed by atoms with van der Waals surface area (Å²) in [6.07, 6.45) is 9.19. The highest BCUT2D eigenvalue weighted by molar-refractivity contribution is 4.96. The highest BCUT2D eigenvalue weighted by Crippen LogP contribution is 2.21. The Bertz CT molecular complexity index is 226. The minimum absolute atomic E-state index is 0.161. The van der Waals surface area contributed by atoms with Gasteiger partial charge in [-0.3, -0.25) is 4.90 Å². The van der Waals surface area contributed by atoms with E-state index in [2.05, 4.69) is 16.3 Å². The number of rotatable bonds is 1. The Labute approximate surface area is 92.4 Å².